The minimum absolute atomic E-state index is 0.133. The third-order valence-corrected chi connectivity index (χ3v) is 5.10. The first-order valence-electron chi connectivity index (χ1n) is 9.29. The van der Waals surface area contributed by atoms with Gasteiger partial charge < -0.3 is 9.32 Å². The Bertz CT molecular complexity index is 661. The van der Waals surface area contributed by atoms with Crippen molar-refractivity contribution < 1.29 is 8.81 Å². The summed E-state index contributed by atoms with van der Waals surface area (Å²) in [5.74, 6) is 2.65. The fraction of sp³-hybridized carbons (Fsp3) is 0.524. The predicted octanol–water partition coefficient (Wildman–Crippen LogP) is 4.11. The minimum atomic E-state index is -0.133. The van der Waals surface area contributed by atoms with Gasteiger partial charge in [-0.25, -0.2) is 4.39 Å². The van der Waals surface area contributed by atoms with E-state index in [0.29, 0.717) is 0 Å². The quantitative estimate of drug-likeness (QED) is 0.753. The van der Waals surface area contributed by atoms with Gasteiger partial charge in [0.25, 0.3) is 0 Å². The third-order valence-electron chi connectivity index (χ3n) is 5.10. The molecule has 2 aromatic rings. The number of rotatable bonds is 7. The molecule has 1 aliphatic rings. The van der Waals surface area contributed by atoms with Gasteiger partial charge in [0.15, 0.2) is 0 Å². The first kappa shape index (κ1) is 18.2. The highest BCUT2D eigenvalue weighted by Gasteiger charge is 2.20. The van der Waals surface area contributed by atoms with E-state index in [4.69, 9.17) is 4.42 Å². The number of halogens is 1. The lowest BCUT2D eigenvalue weighted by atomic mass is 9.96. The molecule has 3 rings (SSSR count). The Morgan fingerprint density at radius 2 is 2.00 bits per heavy atom. The van der Waals surface area contributed by atoms with Crippen LogP contribution in [0.3, 0.4) is 0 Å². The number of hydrogen-bond acceptors (Lipinski definition) is 3. The van der Waals surface area contributed by atoms with E-state index in [1.807, 2.05) is 19.1 Å². The topological polar surface area (TPSA) is 19.6 Å². The highest BCUT2D eigenvalue weighted by Crippen LogP contribution is 2.19. The Kier molecular flexibility index (Phi) is 6.27. The van der Waals surface area contributed by atoms with Crippen molar-refractivity contribution >= 4 is 0 Å². The van der Waals surface area contributed by atoms with E-state index in [0.717, 1.165) is 62.1 Å². The Balaban J connectivity index is 1.36. The van der Waals surface area contributed by atoms with Crippen molar-refractivity contribution in [3.05, 3.63) is 59.3 Å². The van der Waals surface area contributed by atoms with Crippen molar-refractivity contribution in [2.24, 2.45) is 5.92 Å². The molecule has 0 unspecified atom stereocenters. The zero-order valence-corrected chi connectivity index (χ0v) is 15.4. The van der Waals surface area contributed by atoms with Crippen LogP contribution in [0.25, 0.3) is 0 Å². The second-order valence-electron chi connectivity index (χ2n) is 7.37. The lowest BCUT2D eigenvalue weighted by molar-refractivity contribution is 0.150. The molecular weight excluding hydrogens is 315 g/mol. The highest BCUT2D eigenvalue weighted by atomic mass is 19.1. The van der Waals surface area contributed by atoms with Gasteiger partial charge in [0, 0.05) is 13.1 Å². The van der Waals surface area contributed by atoms with E-state index in [1.165, 1.54) is 18.9 Å². The maximum Gasteiger partial charge on any atom is 0.123 e. The van der Waals surface area contributed by atoms with E-state index in [1.54, 1.807) is 12.1 Å². The van der Waals surface area contributed by atoms with Gasteiger partial charge in [-0.1, -0.05) is 12.1 Å². The van der Waals surface area contributed by atoms with Crippen LogP contribution in [0.4, 0.5) is 4.39 Å². The summed E-state index contributed by atoms with van der Waals surface area (Å²) >= 11 is 0. The van der Waals surface area contributed by atoms with Gasteiger partial charge in [-0.15, -0.1) is 0 Å². The second kappa shape index (κ2) is 8.63. The maximum absolute atomic E-state index is 13.2. The molecule has 136 valence electrons. The smallest absolute Gasteiger partial charge is 0.123 e. The van der Waals surface area contributed by atoms with Gasteiger partial charge in [0.1, 0.15) is 17.3 Å². The van der Waals surface area contributed by atoms with E-state index in [2.05, 4.69) is 22.9 Å². The minimum Gasteiger partial charge on any atom is -0.465 e. The van der Waals surface area contributed by atoms with Gasteiger partial charge in [0.05, 0.1) is 6.54 Å². The average Bonchev–Trinajstić information content (AvgIpc) is 2.99. The number of furan rings is 1. The number of piperidine rings is 1. The van der Waals surface area contributed by atoms with Crippen LogP contribution >= 0.6 is 0 Å². The Morgan fingerprint density at radius 3 is 2.68 bits per heavy atom. The van der Waals surface area contributed by atoms with Crippen LogP contribution in [-0.2, 0) is 13.0 Å². The molecule has 0 aliphatic carbocycles. The Hall–Kier alpha value is -1.65. The molecule has 3 nitrogen and oxygen atoms in total. The van der Waals surface area contributed by atoms with E-state index in [-0.39, 0.29) is 5.82 Å². The first-order valence-corrected chi connectivity index (χ1v) is 9.29. The molecule has 2 heterocycles. The summed E-state index contributed by atoms with van der Waals surface area (Å²) in [6.45, 7) is 7.31. The van der Waals surface area contributed by atoms with Gasteiger partial charge >= 0.3 is 0 Å². The number of likely N-dealkylation sites (tertiary alicyclic amines) is 1. The molecule has 0 radical (unpaired) electrons. The van der Waals surface area contributed by atoms with Crippen LogP contribution in [-0.4, -0.2) is 43.0 Å². The van der Waals surface area contributed by atoms with Crippen LogP contribution < -0.4 is 0 Å². The standard InChI is InChI=1S/C21H29FN2O/c1-17-6-7-21(25-17)16-23(2)15-19-9-12-24(13-10-19)11-8-18-4-3-5-20(22)14-18/h3-7,14,19H,8-13,15-16H2,1-2H3. The molecule has 0 N–H and O–H groups in total. The van der Waals surface area contributed by atoms with Crippen molar-refractivity contribution in [2.75, 3.05) is 33.2 Å². The lowest BCUT2D eigenvalue weighted by Gasteiger charge is -2.33. The van der Waals surface area contributed by atoms with Crippen molar-refractivity contribution in [3.8, 4) is 0 Å². The second-order valence-corrected chi connectivity index (χ2v) is 7.37. The van der Waals surface area contributed by atoms with E-state index < -0.39 is 0 Å². The maximum atomic E-state index is 13.2. The van der Waals surface area contributed by atoms with Gasteiger partial charge in [-0.05, 0) is 82.1 Å². The van der Waals surface area contributed by atoms with Crippen LogP contribution in [0, 0.1) is 18.7 Å². The van der Waals surface area contributed by atoms with Gasteiger partial charge in [0.2, 0.25) is 0 Å². The molecule has 1 fully saturated rings. The Morgan fingerprint density at radius 1 is 1.20 bits per heavy atom. The largest absolute Gasteiger partial charge is 0.465 e. The SMILES string of the molecule is Cc1ccc(CN(C)CC2CCN(CCc3cccc(F)c3)CC2)o1. The molecule has 1 saturated heterocycles. The third kappa shape index (κ3) is 5.68. The van der Waals surface area contributed by atoms with Crippen molar-refractivity contribution in [1.82, 2.24) is 9.80 Å². The van der Waals surface area contributed by atoms with Gasteiger partial charge in [-0.2, -0.15) is 0 Å². The van der Waals surface area contributed by atoms with Crippen molar-refractivity contribution in [2.45, 2.75) is 32.7 Å². The molecule has 1 aliphatic heterocycles. The summed E-state index contributed by atoms with van der Waals surface area (Å²) < 4.78 is 18.9. The van der Waals surface area contributed by atoms with E-state index in [9.17, 15) is 4.39 Å². The number of nitrogens with zero attached hydrogens (tertiary/aromatic N) is 2. The summed E-state index contributed by atoms with van der Waals surface area (Å²) in [6.07, 6.45) is 3.41. The normalized spacial score (nSPS) is 16.6. The Labute approximate surface area is 150 Å². The fourth-order valence-corrected chi connectivity index (χ4v) is 3.71. The summed E-state index contributed by atoms with van der Waals surface area (Å²) in [5, 5.41) is 0. The molecule has 25 heavy (non-hydrogen) atoms. The van der Waals surface area contributed by atoms with Crippen LogP contribution in [0.2, 0.25) is 0 Å². The van der Waals surface area contributed by atoms with Crippen LogP contribution in [0.15, 0.2) is 40.8 Å². The van der Waals surface area contributed by atoms with E-state index >= 15 is 0 Å². The van der Waals surface area contributed by atoms with Crippen molar-refractivity contribution in [1.29, 1.82) is 0 Å². The summed E-state index contributed by atoms with van der Waals surface area (Å²) in [6, 6.07) is 11.1. The predicted molar refractivity (Wildman–Crippen MR) is 99.0 cm³/mol. The highest BCUT2D eigenvalue weighted by molar-refractivity contribution is 5.16. The monoisotopic (exact) mass is 344 g/mol. The first-order chi connectivity index (χ1) is 12.1. The molecular formula is C21H29FN2O. The molecule has 0 spiro atoms. The number of aryl methyl sites for hydroxylation is 1. The van der Waals surface area contributed by atoms with Gasteiger partial charge in [-0.3, -0.25) is 4.90 Å². The number of benzene rings is 1. The molecule has 4 heteroatoms. The van der Waals surface area contributed by atoms with Crippen LogP contribution in [0.1, 0.15) is 29.9 Å². The fourth-order valence-electron chi connectivity index (χ4n) is 3.71. The lowest BCUT2D eigenvalue weighted by Crippen LogP contribution is -2.38. The van der Waals surface area contributed by atoms with Crippen molar-refractivity contribution in [3.63, 3.8) is 0 Å². The average molecular weight is 344 g/mol. The molecule has 1 aromatic heterocycles. The molecule has 1 aromatic carbocycles. The molecule has 0 bridgehead atoms. The molecule has 0 amide bonds. The zero-order valence-electron chi connectivity index (χ0n) is 15.4. The van der Waals surface area contributed by atoms with Crippen LogP contribution in [0.5, 0.6) is 0 Å². The molecule has 0 saturated carbocycles. The number of hydrogen-bond donors (Lipinski definition) is 0. The summed E-state index contributed by atoms with van der Waals surface area (Å²) in [4.78, 5) is 4.88. The molecule has 0 atom stereocenters. The zero-order chi connectivity index (χ0) is 17.6. The summed E-state index contributed by atoms with van der Waals surface area (Å²) in [5.41, 5.74) is 1.09. The summed E-state index contributed by atoms with van der Waals surface area (Å²) in [7, 11) is 2.17.